The van der Waals surface area contributed by atoms with E-state index in [9.17, 15) is 0 Å². The summed E-state index contributed by atoms with van der Waals surface area (Å²) < 4.78 is 6.11. The fraction of sp³-hybridized carbons (Fsp3) is 0.444. The number of anilines is 1. The third-order valence-electron chi connectivity index (χ3n) is 4.82. The molecule has 2 atom stereocenters. The summed E-state index contributed by atoms with van der Waals surface area (Å²) in [6, 6.07) is 10.3. The minimum atomic E-state index is 0.121. The van der Waals surface area contributed by atoms with Gasteiger partial charge in [0.1, 0.15) is 28.6 Å². The molecule has 0 saturated heterocycles. The molecule has 1 aliphatic carbocycles. The lowest BCUT2D eigenvalue weighted by Gasteiger charge is -2.30. The first kappa shape index (κ1) is 14.8. The molecule has 1 aliphatic heterocycles. The van der Waals surface area contributed by atoms with Crippen molar-refractivity contribution in [2.24, 2.45) is 0 Å². The van der Waals surface area contributed by atoms with Gasteiger partial charge in [-0.15, -0.1) is 0 Å². The largest absolute Gasteiger partial charge is 0.488 e. The highest BCUT2D eigenvalue weighted by Gasteiger charge is 2.32. The highest BCUT2D eigenvalue weighted by Crippen LogP contribution is 2.39. The SMILES string of the molecule is CC(C1Cc2ccccc2O1)N(C)c1cc(Cl)nc(C2CC2)n1. The Morgan fingerprint density at radius 1 is 1.26 bits per heavy atom. The molecule has 120 valence electrons. The van der Waals surface area contributed by atoms with Gasteiger partial charge in [0.05, 0.1) is 6.04 Å². The Kier molecular flexibility index (Phi) is 3.64. The van der Waals surface area contributed by atoms with E-state index in [4.69, 9.17) is 21.3 Å². The van der Waals surface area contributed by atoms with Crippen LogP contribution in [0.2, 0.25) is 5.15 Å². The number of ether oxygens (including phenoxy) is 1. The second kappa shape index (κ2) is 5.68. The maximum absolute atomic E-state index is 6.19. The van der Waals surface area contributed by atoms with E-state index in [1.165, 1.54) is 18.4 Å². The zero-order chi connectivity index (χ0) is 16.0. The van der Waals surface area contributed by atoms with Crippen LogP contribution in [0.5, 0.6) is 5.75 Å². The van der Waals surface area contributed by atoms with Crippen molar-refractivity contribution in [1.29, 1.82) is 0 Å². The highest BCUT2D eigenvalue weighted by molar-refractivity contribution is 6.29. The molecule has 0 bridgehead atoms. The molecule has 5 heteroatoms. The maximum atomic E-state index is 6.19. The maximum Gasteiger partial charge on any atom is 0.135 e. The van der Waals surface area contributed by atoms with E-state index < -0.39 is 0 Å². The number of halogens is 1. The molecular formula is C18H20ClN3O. The molecule has 2 heterocycles. The molecule has 0 amide bonds. The topological polar surface area (TPSA) is 38.2 Å². The number of para-hydroxylation sites is 1. The molecule has 1 saturated carbocycles. The van der Waals surface area contributed by atoms with E-state index in [1.54, 1.807) is 0 Å². The number of fused-ring (bicyclic) bond motifs is 1. The van der Waals surface area contributed by atoms with Crippen LogP contribution in [0.4, 0.5) is 5.82 Å². The van der Waals surface area contributed by atoms with Crippen LogP contribution < -0.4 is 9.64 Å². The summed E-state index contributed by atoms with van der Waals surface area (Å²) >= 11 is 6.19. The molecule has 2 aliphatic rings. The molecule has 4 nitrogen and oxygen atoms in total. The minimum Gasteiger partial charge on any atom is -0.488 e. The predicted octanol–water partition coefficient (Wildman–Crippen LogP) is 3.84. The van der Waals surface area contributed by atoms with Crippen LogP contribution in [0.3, 0.4) is 0 Å². The Balaban J connectivity index is 1.54. The van der Waals surface area contributed by atoms with Gasteiger partial charge in [0.15, 0.2) is 0 Å². The van der Waals surface area contributed by atoms with E-state index in [-0.39, 0.29) is 12.1 Å². The summed E-state index contributed by atoms with van der Waals surface area (Å²) in [5.74, 6) is 3.24. The normalized spacial score (nSPS) is 20.7. The van der Waals surface area contributed by atoms with Gasteiger partial charge in [-0.05, 0) is 31.4 Å². The minimum absolute atomic E-state index is 0.121. The summed E-state index contributed by atoms with van der Waals surface area (Å²) in [4.78, 5) is 11.2. The van der Waals surface area contributed by atoms with Crippen LogP contribution in [-0.2, 0) is 6.42 Å². The fourth-order valence-electron chi connectivity index (χ4n) is 3.06. The third-order valence-corrected chi connectivity index (χ3v) is 5.02. The van der Waals surface area contributed by atoms with Crippen molar-refractivity contribution in [2.75, 3.05) is 11.9 Å². The van der Waals surface area contributed by atoms with Crippen LogP contribution in [0.15, 0.2) is 30.3 Å². The van der Waals surface area contributed by atoms with Gasteiger partial charge in [-0.2, -0.15) is 0 Å². The van der Waals surface area contributed by atoms with E-state index in [0.717, 1.165) is 23.8 Å². The van der Waals surface area contributed by atoms with Gasteiger partial charge < -0.3 is 9.64 Å². The molecule has 0 spiro atoms. The number of hydrogen-bond donors (Lipinski definition) is 0. The Hall–Kier alpha value is -1.81. The number of hydrogen-bond acceptors (Lipinski definition) is 4. The molecule has 2 aromatic rings. The number of rotatable bonds is 4. The first-order chi connectivity index (χ1) is 11.1. The number of likely N-dealkylation sites (N-methyl/N-ethyl adjacent to an activating group) is 1. The van der Waals surface area contributed by atoms with Crippen LogP contribution in [0, 0.1) is 0 Å². The van der Waals surface area contributed by atoms with Gasteiger partial charge in [-0.1, -0.05) is 29.8 Å². The predicted molar refractivity (Wildman–Crippen MR) is 91.4 cm³/mol. The van der Waals surface area contributed by atoms with E-state index in [1.807, 2.05) is 25.2 Å². The molecule has 2 unspecified atom stereocenters. The van der Waals surface area contributed by atoms with E-state index >= 15 is 0 Å². The molecule has 0 N–H and O–H groups in total. The van der Waals surface area contributed by atoms with Crippen molar-refractivity contribution in [2.45, 2.75) is 44.2 Å². The molecule has 4 rings (SSSR count). The lowest BCUT2D eigenvalue weighted by Crippen LogP contribution is -2.42. The Bertz CT molecular complexity index is 707. The van der Waals surface area contributed by atoms with Gasteiger partial charge >= 0.3 is 0 Å². The summed E-state index contributed by atoms with van der Waals surface area (Å²) in [6.45, 7) is 2.17. The average Bonchev–Trinajstić information content (AvgIpc) is 3.31. The van der Waals surface area contributed by atoms with Crippen molar-refractivity contribution in [3.63, 3.8) is 0 Å². The van der Waals surface area contributed by atoms with Crippen LogP contribution >= 0.6 is 11.6 Å². The smallest absolute Gasteiger partial charge is 0.135 e. The van der Waals surface area contributed by atoms with Crippen molar-refractivity contribution < 1.29 is 4.74 Å². The first-order valence-corrected chi connectivity index (χ1v) is 8.51. The van der Waals surface area contributed by atoms with Crippen molar-refractivity contribution >= 4 is 17.4 Å². The quantitative estimate of drug-likeness (QED) is 0.799. The third kappa shape index (κ3) is 2.88. The summed E-state index contributed by atoms with van der Waals surface area (Å²) in [5, 5.41) is 0.520. The van der Waals surface area contributed by atoms with E-state index in [0.29, 0.717) is 11.1 Å². The Labute approximate surface area is 141 Å². The molecular weight excluding hydrogens is 310 g/mol. The molecule has 0 radical (unpaired) electrons. The van der Waals surface area contributed by atoms with Gasteiger partial charge in [-0.3, -0.25) is 0 Å². The molecule has 23 heavy (non-hydrogen) atoms. The molecule has 1 aromatic carbocycles. The van der Waals surface area contributed by atoms with Gasteiger partial charge in [0.2, 0.25) is 0 Å². The average molecular weight is 330 g/mol. The van der Waals surface area contributed by atoms with Crippen molar-refractivity contribution in [3.05, 3.63) is 46.9 Å². The number of aromatic nitrogens is 2. The molecule has 1 aromatic heterocycles. The zero-order valence-corrected chi connectivity index (χ0v) is 14.1. The van der Waals surface area contributed by atoms with Crippen LogP contribution in [-0.4, -0.2) is 29.2 Å². The second-order valence-corrected chi connectivity index (χ2v) is 6.89. The zero-order valence-electron chi connectivity index (χ0n) is 13.4. The number of nitrogens with zero attached hydrogens (tertiary/aromatic N) is 3. The fourth-order valence-corrected chi connectivity index (χ4v) is 3.25. The standard InChI is InChI=1S/C18H20ClN3O/c1-11(15-9-13-5-3-4-6-14(13)23-15)22(2)17-10-16(19)20-18(21-17)12-7-8-12/h3-6,10-12,15H,7-9H2,1-2H3. The lowest BCUT2D eigenvalue weighted by molar-refractivity contribution is 0.203. The van der Waals surface area contributed by atoms with Crippen molar-refractivity contribution in [3.8, 4) is 5.75 Å². The Morgan fingerprint density at radius 2 is 2.04 bits per heavy atom. The summed E-state index contributed by atoms with van der Waals surface area (Å²) in [7, 11) is 2.05. The van der Waals surface area contributed by atoms with Crippen molar-refractivity contribution in [1.82, 2.24) is 9.97 Å². The monoisotopic (exact) mass is 329 g/mol. The number of benzene rings is 1. The van der Waals surface area contributed by atoms with Crippen LogP contribution in [0.25, 0.3) is 0 Å². The highest BCUT2D eigenvalue weighted by atomic mass is 35.5. The van der Waals surface area contributed by atoms with Gasteiger partial charge in [-0.25, -0.2) is 9.97 Å². The second-order valence-electron chi connectivity index (χ2n) is 6.50. The van der Waals surface area contributed by atoms with Gasteiger partial charge in [0.25, 0.3) is 0 Å². The van der Waals surface area contributed by atoms with Crippen LogP contribution in [0.1, 0.15) is 37.1 Å². The van der Waals surface area contributed by atoms with E-state index in [2.05, 4.69) is 28.9 Å². The molecule has 1 fully saturated rings. The summed E-state index contributed by atoms with van der Waals surface area (Å²) in [5.41, 5.74) is 1.28. The van der Waals surface area contributed by atoms with Gasteiger partial charge in [0, 0.05) is 25.5 Å². The Morgan fingerprint density at radius 3 is 2.78 bits per heavy atom. The first-order valence-electron chi connectivity index (χ1n) is 8.13. The summed E-state index contributed by atoms with van der Waals surface area (Å²) in [6.07, 6.45) is 3.38. The lowest BCUT2D eigenvalue weighted by atomic mass is 10.0.